The minimum Gasteiger partial charge on any atom is -0.465 e. The summed E-state index contributed by atoms with van der Waals surface area (Å²) < 4.78 is 6.90. The summed E-state index contributed by atoms with van der Waals surface area (Å²) in [5.41, 5.74) is 4.42. The number of esters is 1. The second kappa shape index (κ2) is 11.5. The third-order valence-corrected chi connectivity index (χ3v) is 7.39. The van der Waals surface area contributed by atoms with Crippen LogP contribution in [-0.4, -0.2) is 33.6 Å². The van der Waals surface area contributed by atoms with E-state index in [1.165, 1.54) is 7.11 Å². The van der Waals surface area contributed by atoms with E-state index in [-0.39, 0.29) is 23.9 Å². The molecule has 0 aliphatic carbocycles. The summed E-state index contributed by atoms with van der Waals surface area (Å²) in [6, 6.07) is 21.9. The number of pyridine rings is 1. The minimum absolute atomic E-state index is 0.114. The van der Waals surface area contributed by atoms with Gasteiger partial charge in [-0.15, -0.1) is 0 Å². The van der Waals surface area contributed by atoms with Crippen LogP contribution in [0.3, 0.4) is 0 Å². The number of rotatable bonds is 7. The van der Waals surface area contributed by atoms with Gasteiger partial charge in [-0.25, -0.2) is 4.79 Å². The van der Waals surface area contributed by atoms with Gasteiger partial charge in [0.2, 0.25) is 5.91 Å². The molecule has 1 fully saturated rings. The highest BCUT2D eigenvalue weighted by atomic mass is 35.5. The van der Waals surface area contributed by atoms with Crippen LogP contribution < -0.4 is 15.5 Å². The number of nitrogens with zero attached hydrogens (tertiary/aromatic N) is 3. The molecule has 0 bridgehead atoms. The van der Waals surface area contributed by atoms with Gasteiger partial charge in [0.15, 0.2) is 5.11 Å². The van der Waals surface area contributed by atoms with E-state index in [4.69, 9.17) is 28.6 Å². The lowest BCUT2D eigenvalue weighted by atomic mass is 10.0. The first-order chi connectivity index (χ1) is 19.3. The summed E-state index contributed by atoms with van der Waals surface area (Å²) in [4.78, 5) is 30.9. The van der Waals surface area contributed by atoms with Gasteiger partial charge in [-0.2, -0.15) is 0 Å². The van der Waals surface area contributed by atoms with Gasteiger partial charge >= 0.3 is 5.97 Å². The van der Waals surface area contributed by atoms with Crippen molar-refractivity contribution in [3.05, 3.63) is 107 Å². The molecule has 5 rings (SSSR count). The maximum Gasteiger partial charge on any atom is 0.337 e. The van der Waals surface area contributed by atoms with Crippen LogP contribution in [0.25, 0.3) is 5.69 Å². The molecule has 1 aliphatic rings. The Bertz CT molecular complexity index is 1560. The maximum atomic E-state index is 12.3. The number of benzene rings is 2. The van der Waals surface area contributed by atoms with E-state index in [9.17, 15) is 9.59 Å². The normalized spacial score (nSPS) is 16.6. The molecule has 0 radical (unpaired) electrons. The van der Waals surface area contributed by atoms with Gasteiger partial charge in [-0.05, 0) is 78.9 Å². The highest BCUT2D eigenvalue weighted by Crippen LogP contribution is 2.43. The summed E-state index contributed by atoms with van der Waals surface area (Å²) in [7, 11) is 1.36. The number of aromatic nitrogens is 2. The van der Waals surface area contributed by atoms with E-state index in [0.717, 1.165) is 22.8 Å². The number of anilines is 2. The smallest absolute Gasteiger partial charge is 0.337 e. The van der Waals surface area contributed by atoms with E-state index in [2.05, 4.69) is 20.2 Å². The van der Waals surface area contributed by atoms with Crippen LogP contribution in [0, 0.1) is 5.92 Å². The molecule has 1 saturated heterocycles. The number of carbonyl (C=O) groups is 2. The number of methoxy groups -OCH3 is 1. The zero-order chi connectivity index (χ0) is 28.4. The highest BCUT2D eigenvalue weighted by molar-refractivity contribution is 7.80. The molecular formula is C30H28ClN5O3S. The number of nitrogens with one attached hydrogen (secondary N) is 2. The first kappa shape index (κ1) is 27.4. The van der Waals surface area contributed by atoms with Crippen LogP contribution in [0.4, 0.5) is 11.4 Å². The van der Waals surface area contributed by atoms with Crippen LogP contribution in [0.15, 0.2) is 85.2 Å². The van der Waals surface area contributed by atoms with Crippen LogP contribution in [-0.2, 0) is 9.53 Å². The summed E-state index contributed by atoms with van der Waals surface area (Å²) >= 11 is 12.5. The van der Waals surface area contributed by atoms with Crippen LogP contribution in [0.1, 0.15) is 47.7 Å². The third-order valence-electron chi connectivity index (χ3n) is 6.76. The first-order valence-corrected chi connectivity index (χ1v) is 13.5. The van der Waals surface area contributed by atoms with Crippen LogP contribution in [0.5, 0.6) is 0 Å². The van der Waals surface area contributed by atoms with Crippen molar-refractivity contribution >= 4 is 52.2 Å². The summed E-state index contributed by atoms with van der Waals surface area (Å²) in [6.07, 6.45) is 3.72. The molecule has 2 atom stereocenters. The maximum absolute atomic E-state index is 12.3. The molecule has 204 valence electrons. The van der Waals surface area contributed by atoms with Gasteiger partial charge in [0.05, 0.1) is 35.1 Å². The first-order valence-electron chi connectivity index (χ1n) is 12.8. The second-order valence-corrected chi connectivity index (χ2v) is 10.4. The fourth-order valence-electron chi connectivity index (χ4n) is 4.71. The largest absolute Gasteiger partial charge is 0.465 e. The van der Waals surface area contributed by atoms with Crippen molar-refractivity contribution in [1.82, 2.24) is 14.9 Å². The van der Waals surface area contributed by atoms with Gasteiger partial charge in [0.25, 0.3) is 0 Å². The van der Waals surface area contributed by atoms with Crippen molar-refractivity contribution in [2.75, 3.05) is 17.3 Å². The van der Waals surface area contributed by atoms with Crippen molar-refractivity contribution in [3.63, 3.8) is 0 Å². The Hall–Kier alpha value is -4.21. The number of thiocarbonyl (C=S) groups is 1. The van der Waals surface area contributed by atoms with E-state index < -0.39 is 5.97 Å². The molecule has 40 heavy (non-hydrogen) atoms. The molecule has 2 aromatic carbocycles. The fourth-order valence-corrected chi connectivity index (χ4v) is 5.28. The number of amides is 1. The Kier molecular flexibility index (Phi) is 7.86. The predicted octanol–water partition coefficient (Wildman–Crippen LogP) is 6.08. The lowest BCUT2D eigenvalue weighted by Crippen LogP contribution is -2.30. The molecule has 8 nitrogen and oxygen atoms in total. The molecular weight excluding hydrogens is 546 g/mol. The molecule has 2 aromatic heterocycles. The predicted molar refractivity (Wildman–Crippen MR) is 160 cm³/mol. The number of carbonyl (C=O) groups excluding carboxylic acids is 2. The van der Waals surface area contributed by atoms with E-state index in [1.54, 1.807) is 30.5 Å². The zero-order valence-electron chi connectivity index (χ0n) is 22.2. The Morgan fingerprint density at radius 1 is 1.05 bits per heavy atom. The lowest BCUT2D eigenvalue weighted by molar-refractivity contribution is -0.118. The van der Waals surface area contributed by atoms with Gasteiger partial charge in [-0.1, -0.05) is 31.5 Å². The Labute approximate surface area is 242 Å². The van der Waals surface area contributed by atoms with Gasteiger partial charge < -0.3 is 24.8 Å². The van der Waals surface area contributed by atoms with Gasteiger partial charge in [-0.3, -0.25) is 9.78 Å². The molecule has 4 aromatic rings. The number of ether oxygens (including phenoxy) is 1. The quantitative estimate of drug-likeness (QED) is 0.204. The zero-order valence-corrected chi connectivity index (χ0v) is 23.7. The standard InChI is InChI=1S/C30H28ClN5O3S/c1-18(2)28(37)33-23-14-13-21(17-22(23)31)36-27(26(34-30(36)40)24-7-4-5-15-32-24)25-8-6-16-35(25)20-11-9-19(10-12-20)29(38)39-3/h4-18,26-27H,1-3H3,(H,33,37)(H,34,40)/t26-,27+/m1/s1. The highest BCUT2D eigenvalue weighted by Gasteiger charge is 2.42. The van der Waals surface area contributed by atoms with Gasteiger partial charge in [0.1, 0.15) is 6.04 Å². The van der Waals surface area contributed by atoms with Gasteiger partial charge in [0, 0.05) is 35.4 Å². The summed E-state index contributed by atoms with van der Waals surface area (Å²) in [5.74, 6) is -0.683. The Morgan fingerprint density at radius 2 is 1.80 bits per heavy atom. The molecule has 2 N–H and O–H groups in total. The van der Waals surface area contributed by atoms with Crippen LogP contribution in [0.2, 0.25) is 5.02 Å². The molecule has 3 heterocycles. The van der Waals surface area contributed by atoms with Crippen molar-refractivity contribution in [3.8, 4) is 5.69 Å². The van der Waals surface area contributed by atoms with E-state index >= 15 is 0 Å². The number of halogens is 1. The number of hydrogen-bond acceptors (Lipinski definition) is 5. The van der Waals surface area contributed by atoms with Crippen molar-refractivity contribution < 1.29 is 14.3 Å². The monoisotopic (exact) mass is 573 g/mol. The number of hydrogen-bond donors (Lipinski definition) is 2. The SMILES string of the molecule is COC(=O)c1ccc(-n2cccc2[C@H]2[C@@H](c3ccccn3)NC(=S)N2c2ccc(NC(=O)C(C)C)c(Cl)c2)cc1. The second-order valence-electron chi connectivity index (χ2n) is 9.65. The van der Waals surface area contributed by atoms with Crippen molar-refractivity contribution in [2.24, 2.45) is 5.92 Å². The summed E-state index contributed by atoms with van der Waals surface area (Å²) in [5, 5.41) is 7.25. The average Bonchev–Trinajstić information content (AvgIpc) is 3.58. The minimum atomic E-state index is -0.393. The molecule has 1 aliphatic heterocycles. The molecule has 1 amide bonds. The lowest BCUT2D eigenvalue weighted by Gasteiger charge is -2.29. The molecule has 10 heteroatoms. The molecule has 0 unspecified atom stereocenters. The third kappa shape index (κ3) is 5.30. The Morgan fingerprint density at radius 3 is 2.45 bits per heavy atom. The molecule has 0 saturated carbocycles. The topological polar surface area (TPSA) is 88.5 Å². The van der Waals surface area contributed by atoms with E-state index in [1.807, 2.05) is 73.5 Å². The Balaban J connectivity index is 1.58. The van der Waals surface area contributed by atoms with Crippen molar-refractivity contribution in [2.45, 2.75) is 25.9 Å². The van der Waals surface area contributed by atoms with E-state index in [0.29, 0.717) is 21.4 Å². The molecule has 0 spiro atoms. The summed E-state index contributed by atoms with van der Waals surface area (Å²) in [6.45, 7) is 3.65. The average molecular weight is 574 g/mol. The van der Waals surface area contributed by atoms with Crippen LogP contribution >= 0.6 is 23.8 Å². The fraction of sp³-hybridized carbons (Fsp3) is 0.200. The van der Waals surface area contributed by atoms with Crippen molar-refractivity contribution in [1.29, 1.82) is 0 Å².